The third-order valence-corrected chi connectivity index (χ3v) is 5.34. The Bertz CT molecular complexity index is 900. The number of amides is 1. The zero-order valence-corrected chi connectivity index (χ0v) is 17.8. The van der Waals surface area contributed by atoms with E-state index in [2.05, 4.69) is 4.98 Å². The van der Waals surface area contributed by atoms with Crippen molar-refractivity contribution in [2.75, 3.05) is 20.3 Å². The fourth-order valence-electron chi connectivity index (χ4n) is 2.77. The van der Waals surface area contributed by atoms with Crippen molar-refractivity contribution in [2.24, 2.45) is 0 Å². The van der Waals surface area contributed by atoms with E-state index in [1.54, 1.807) is 36.3 Å². The molecular weight excluding hydrogens is 408 g/mol. The summed E-state index contributed by atoms with van der Waals surface area (Å²) in [5, 5.41) is 3.46. The van der Waals surface area contributed by atoms with E-state index in [0.717, 1.165) is 22.9 Å². The average molecular weight is 431 g/mol. The lowest BCUT2D eigenvalue weighted by Gasteiger charge is -2.22. The van der Waals surface area contributed by atoms with Gasteiger partial charge in [0.25, 0.3) is 5.91 Å². The molecule has 7 heteroatoms. The number of carbonyl (C=O) groups excluding carboxylic acids is 1. The number of carbonyl (C=O) groups is 1. The predicted octanol–water partition coefficient (Wildman–Crippen LogP) is 5.05. The zero-order chi connectivity index (χ0) is 20.5. The molecule has 0 aliphatic rings. The van der Waals surface area contributed by atoms with E-state index in [9.17, 15) is 4.79 Å². The number of para-hydroxylation sites is 1. The first-order valence-corrected chi connectivity index (χ1v) is 10.6. The van der Waals surface area contributed by atoms with E-state index in [4.69, 9.17) is 21.1 Å². The molecule has 29 heavy (non-hydrogen) atoms. The van der Waals surface area contributed by atoms with Gasteiger partial charge < -0.3 is 14.4 Å². The van der Waals surface area contributed by atoms with Gasteiger partial charge >= 0.3 is 0 Å². The van der Waals surface area contributed by atoms with Crippen LogP contribution in [0.5, 0.6) is 5.75 Å². The number of halogens is 1. The number of hydrogen-bond donors (Lipinski definition) is 0. The maximum Gasteiger partial charge on any atom is 0.254 e. The Hall–Kier alpha value is -2.41. The molecule has 0 bridgehead atoms. The minimum atomic E-state index is -0.0483. The first-order valence-electron chi connectivity index (χ1n) is 9.30. The Labute approximate surface area is 179 Å². The number of ether oxygens (including phenoxy) is 2. The molecule has 0 atom stereocenters. The SMILES string of the molecule is COCCCN(Cc1csc(COc2ccccc2)n1)C(=O)c1ccc(Cl)cc1. The summed E-state index contributed by atoms with van der Waals surface area (Å²) in [6.07, 6.45) is 0.754. The summed E-state index contributed by atoms with van der Waals surface area (Å²) in [7, 11) is 1.66. The number of rotatable bonds is 10. The monoisotopic (exact) mass is 430 g/mol. The van der Waals surface area contributed by atoms with Gasteiger partial charge in [-0.3, -0.25) is 4.79 Å². The average Bonchev–Trinajstić information content (AvgIpc) is 3.20. The number of thiazole rings is 1. The molecule has 0 fully saturated rings. The third-order valence-electron chi connectivity index (χ3n) is 4.21. The predicted molar refractivity (Wildman–Crippen MR) is 116 cm³/mol. The van der Waals surface area contributed by atoms with Gasteiger partial charge in [-0.25, -0.2) is 4.98 Å². The van der Waals surface area contributed by atoms with Crippen LogP contribution in [0, 0.1) is 0 Å². The first kappa shape index (κ1) is 21.3. The lowest BCUT2D eigenvalue weighted by atomic mass is 10.2. The second-order valence-corrected chi connectivity index (χ2v) is 7.79. The van der Waals surface area contributed by atoms with Gasteiger partial charge in [-0.05, 0) is 42.8 Å². The number of hydrogen-bond acceptors (Lipinski definition) is 5. The number of benzene rings is 2. The summed E-state index contributed by atoms with van der Waals surface area (Å²) in [4.78, 5) is 19.4. The van der Waals surface area contributed by atoms with E-state index < -0.39 is 0 Å². The number of nitrogens with zero attached hydrogens (tertiary/aromatic N) is 2. The van der Waals surface area contributed by atoms with Gasteiger partial charge in [0.15, 0.2) is 0 Å². The highest BCUT2D eigenvalue weighted by Gasteiger charge is 2.17. The minimum absolute atomic E-state index is 0.0483. The van der Waals surface area contributed by atoms with E-state index >= 15 is 0 Å². The van der Waals surface area contributed by atoms with Crippen LogP contribution in [0.4, 0.5) is 0 Å². The highest BCUT2D eigenvalue weighted by atomic mass is 35.5. The molecule has 5 nitrogen and oxygen atoms in total. The van der Waals surface area contributed by atoms with Crippen LogP contribution in [-0.2, 0) is 17.9 Å². The highest BCUT2D eigenvalue weighted by Crippen LogP contribution is 2.18. The maximum absolute atomic E-state index is 13.0. The topological polar surface area (TPSA) is 51.7 Å². The summed E-state index contributed by atoms with van der Waals surface area (Å²) >= 11 is 7.48. The Balaban J connectivity index is 1.64. The Morgan fingerprint density at radius 2 is 1.90 bits per heavy atom. The standard InChI is InChI=1S/C22H23ClN2O3S/c1-27-13-5-12-25(22(26)17-8-10-18(23)11-9-17)14-19-16-29-21(24-19)15-28-20-6-3-2-4-7-20/h2-4,6-11,16H,5,12-15H2,1H3. The Kier molecular flexibility index (Phi) is 8.04. The molecule has 1 aromatic heterocycles. The molecule has 1 amide bonds. The van der Waals surface area contributed by atoms with Crippen molar-refractivity contribution in [3.63, 3.8) is 0 Å². The molecule has 0 saturated heterocycles. The number of aromatic nitrogens is 1. The van der Waals surface area contributed by atoms with Gasteiger partial charge in [-0.1, -0.05) is 29.8 Å². The van der Waals surface area contributed by atoms with Gasteiger partial charge in [0.1, 0.15) is 17.4 Å². The van der Waals surface area contributed by atoms with Gasteiger partial charge in [-0.15, -0.1) is 11.3 Å². The molecule has 0 spiro atoms. The van der Waals surface area contributed by atoms with Crippen molar-refractivity contribution in [3.8, 4) is 5.75 Å². The highest BCUT2D eigenvalue weighted by molar-refractivity contribution is 7.09. The minimum Gasteiger partial charge on any atom is -0.486 e. The van der Waals surface area contributed by atoms with E-state index in [1.165, 1.54) is 11.3 Å². The molecule has 3 rings (SSSR count). The molecule has 0 aliphatic carbocycles. The molecule has 152 valence electrons. The van der Waals surface area contributed by atoms with Crippen LogP contribution in [0.2, 0.25) is 5.02 Å². The molecule has 0 saturated carbocycles. The van der Waals surface area contributed by atoms with E-state index in [-0.39, 0.29) is 5.91 Å². The van der Waals surface area contributed by atoms with Crippen LogP contribution in [0.1, 0.15) is 27.5 Å². The molecule has 3 aromatic rings. The van der Waals surface area contributed by atoms with Gasteiger partial charge in [-0.2, -0.15) is 0 Å². The largest absolute Gasteiger partial charge is 0.486 e. The molecule has 0 aliphatic heterocycles. The van der Waals surface area contributed by atoms with Crippen LogP contribution in [0.25, 0.3) is 0 Å². The second kappa shape index (κ2) is 11.0. The van der Waals surface area contributed by atoms with Crippen molar-refractivity contribution >= 4 is 28.8 Å². The molecule has 0 unspecified atom stereocenters. The lowest BCUT2D eigenvalue weighted by Crippen LogP contribution is -2.32. The third kappa shape index (κ3) is 6.56. The van der Waals surface area contributed by atoms with Crippen LogP contribution in [0.15, 0.2) is 60.0 Å². The van der Waals surface area contributed by atoms with Crippen LogP contribution in [0.3, 0.4) is 0 Å². The first-order chi connectivity index (χ1) is 14.2. The van der Waals surface area contributed by atoms with Crippen molar-refractivity contribution < 1.29 is 14.3 Å². The van der Waals surface area contributed by atoms with Crippen LogP contribution in [-0.4, -0.2) is 36.1 Å². The smallest absolute Gasteiger partial charge is 0.254 e. The molecule has 0 radical (unpaired) electrons. The summed E-state index contributed by atoms with van der Waals surface area (Å²) in [5.41, 5.74) is 1.45. The summed E-state index contributed by atoms with van der Waals surface area (Å²) in [5.74, 6) is 0.760. The normalized spacial score (nSPS) is 10.7. The van der Waals surface area contributed by atoms with Gasteiger partial charge in [0, 0.05) is 36.2 Å². The van der Waals surface area contributed by atoms with Gasteiger partial charge in [0.05, 0.1) is 12.2 Å². The van der Waals surface area contributed by atoms with Crippen molar-refractivity contribution in [1.29, 1.82) is 0 Å². The summed E-state index contributed by atoms with van der Waals surface area (Å²) in [6, 6.07) is 16.6. The molecule has 2 aromatic carbocycles. The lowest BCUT2D eigenvalue weighted by molar-refractivity contribution is 0.0721. The second-order valence-electron chi connectivity index (χ2n) is 6.41. The van der Waals surface area contributed by atoms with Crippen LogP contribution < -0.4 is 4.74 Å². The quantitative estimate of drug-likeness (QED) is 0.422. The Morgan fingerprint density at radius 1 is 1.14 bits per heavy atom. The molecular formula is C22H23ClN2O3S. The molecule has 0 N–H and O–H groups in total. The fraction of sp³-hybridized carbons (Fsp3) is 0.273. The maximum atomic E-state index is 13.0. The Morgan fingerprint density at radius 3 is 2.62 bits per heavy atom. The molecule has 1 heterocycles. The van der Waals surface area contributed by atoms with E-state index in [1.807, 2.05) is 35.7 Å². The number of methoxy groups -OCH3 is 1. The zero-order valence-electron chi connectivity index (χ0n) is 16.2. The van der Waals surface area contributed by atoms with Crippen molar-refractivity contribution in [2.45, 2.75) is 19.6 Å². The van der Waals surface area contributed by atoms with Gasteiger partial charge in [0.2, 0.25) is 0 Å². The van der Waals surface area contributed by atoms with E-state index in [0.29, 0.717) is 36.9 Å². The summed E-state index contributed by atoms with van der Waals surface area (Å²) < 4.78 is 10.9. The summed E-state index contributed by atoms with van der Waals surface area (Å²) in [6.45, 7) is 2.02. The van der Waals surface area contributed by atoms with Crippen molar-refractivity contribution in [1.82, 2.24) is 9.88 Å². The fourth-order valence-corrected chi connectivity index (χ4v) is 3.59. The van der Waals surface area contributed by atoms with Crippen LogP contribution >= 0.6 is 22.9 Å². The van der Waals surface area contributed by atoms with Crippen molar-refractivity contribution in [3.05, 3.63) is 81.3 Å².